The molecule has 1 atom stereocenters. The van der Waals surface area contributed by atoms with Gasteiger partial charge in [0.1, 0.15) is 5.82 Å². The Bertz CT molecular complexity index is 775. The quantitative estimate of drug-likeness (QED) is 0.897. The molecule has 0 aliphatic carbocycles. The number of benzene rings is 1. The van der Waals surface area contributed by atoms with Crippen molar-refractivity contribution in [1.29, 1.82) is 0 Å². The number of amides is 2. The van der Waals surface area contributed by atoms with E-state index in [1.165, 1.54) is 19.2 Å². The number of aromatic nitrogens is 1. The zero-order valence-electron chi connectivity index (χ0n) is 15.1. The average molecular weight is 371 g/mol. The van der Waals surface area contributed by atoms with Crippen molar-refractivity contribution in [1.82, 2.24) is 15.2 Å². The smallest absolute Gasteiger partial charge is 0.409 e. The van der Waals surface area contributed by atoms with Gasteiger partial charge in [-0.3, -0.25) is 9.78 Å². The topological polar surface area (TPSA) is 71.5 Å². The van der Waals surface area contributed by atoms with Gasteiger partial charge in [-0.1, -0.05) is 18.2 Å². The summed E-state index contributed by atoms with van der Waals surface area (Å²) in [4.78, 5) is 30.3. The number of ether oxygens (including phenoxy) is 1. The number of carbonyl (C=O) groups is 2. The van der Waals surface area contributed by atoms with Gasteiger partial charge < -0.3 is 15.0 Å². The molecule has 142 valence electrons. The number of pyridine rings is 1. The van der Waals surface area contributed by atoms with Crippen molar-refractivity contribution in [2.24, 2.45) is 5.92 Å². The molecule has 2 heterocycles. The van der Waals surface area contributed by atoms with Gasteiger partial charge in [0.05, 0.1) is 18.8 Å². The highest BCUT2D eigenvalue weighted by Gasteiger charge is 2.29. The number of methoxy groups -OCH3 is 1. The van der Waals surface area contributed by atoms with Gasteiger partial charge in [0.25, 0.3) is 0 Å². The van der Waals surface area contributed by atoms with Gasteiger partial charge in [0.2, 0.25) is 5.91 Å². The number of carbonyl (C=O) groups excluding carboxylic acids is 2. The molecule has 1 aromatic heterocycles. The zero-order chi connectivity index (χ0) is 19.2. The first-order chi connectivity index (χ1) is 13.1. The lowest BCUT2D eigenvalue weighted by Gasteiger charge is -2.31. The molecule has 0 bridgehead atoms. The summed E-state index contributed by atoms with van der Waals surface area (Å²) in [5.41, 5.74) is 1.44. The number of hydrogen-bond donors (Lipinski definition) is 1. The maximum Gasteiger partial charge on any atom is 0.409 e. The van der Waals surface area contributed by atoms with E-state index < -0.39 is 6.04 Å². The lowest BCUT2D eigenvalue weighted by molar-refractivity contribution is -0.126. The molecule has 2 amide bonds. The van der Waals surface area contributed by atoms with E-state index in [1.807, 2.05) is 12.1 Å². The predicted molar refractivity (Wildman–Crippen MR) is 97.3 cm³/mol. The second-order valence-corrected chi connectivity index (χ2v) is 6.48. The molecule has 1 fully saturated rings. The lowest BCUT2D eigenvalue weighted by Crippen LogP contribution is -2.43. The Morgan fingerprint density at radius 2 is 1.89 bits per heavy atom. The average Bonchev–Trinajstić information content (AvgIpc) is 2.73. The molecule has 7 heteroatoms. The van der Waals surface area contributed by atoms with E-state index in [4.69, 9.17) is 4.74 Å². The van der Waals surface area contributed by atoms with E-state index in [9.17, 15) is 14.0 Å². The van der Waals surface area contributed by atoms with Crippen LogP contribution in [0.25, 0.3) is 0 Å². The number of likely N-dealkylation sites (tertiary alicyclic amines) is 1. The molecule has 27 heavy (non-hydrogen) atoms. The lowest BCUT2D eigenvalue weighted by atomic mass is 9.94. The highest BCUT2D eigenvalue weighted by atomic mass is 19.1. The van der Waals surface area contributed by atoms with E-state index in [-0.39, 0.29) is 23.7 Å². The molecule has 1 saturated heterocycles. The minimum atomic E-state index is -0.460. The molecular formula is C20H22FN3O3. The van der Waals surface area contributed by atoms with Crippen molar-refractivity contribution < 1.29 is 18.7 Å². The number of rotatable bonds is 4. The molecule has 3 rings (SSSR count). The van der Waals surface area contributed by atoms with Crippen LogP contribution in [0, 0.1) is 11.7 Å². The van der Waals surface area contributed by atoms with E-state index in [0.29, 0.717) is 31.6 Å². The number of nitrogens with one attached hydrogen (secondary N) is 1. The summed E-state index contributed by atoms with van der Waals surface area (Å²) < 4.78 is 18.0. The van der Waals surface area contributed by atoms with Gasteiger partial charge in [0, 0.05) is 25.2 Å². The van der Waals surface area contributed by atoms with Crippen LogP contribution in [0.3, 0.4) is 0 Å². The third-order valence-corrected chi connectivity index (χ3v) is 4.77. The molecule has 2 aromatic rings. The fourth-order valence-electron chi connectivity index (χ4n) is 3.24. The first-order valence-electron chi connectivity index (χ1n) is 8.88. The van der Waals surface area contributed by atoms with Gasteiger partial charge in [-0.2, -0.15) is 0 Å². The minimum absolute atomic E-state index is 0.0977. The Morgan fingerprint density at radius 1 is 1.19 bits per heavy atom. The summed E-state index contributed by atoms with van der Waals surface area (Å²) in [5, 5.41) is 3.04. The van der Waals surface area contributed by atoms with E-state index >= 15 is 0 Å². The minimum Gasteiger partial charge on any atom is -0.453 e. The normalized spacial score (nSPS) is 15.9. The Hall–Kier alpha value is -2.96. The summed E-state index contributed by atoms with van der Waals surface area (Å²) in [7, 11) is 1.35. The third-order valence-electron chi connectivity index (χ3n) is 4.77. The highest BCUT2D eigenvalue weighted by molar-refractivity contribution is 5.80. The summed E-state index contributed by atoms with van der Waals surface area (Å²) in [6.07, 6.45) is 2.43. The molecule has 1 aliphatic heterocycles. The van der Waals surface area contributed by atoms with E-state index in [0.717, 1.165) is 5.56 Å². The summed E-state index contributed by atoms with van der Waals surface area (Å²) in [5.74, 6) is -0.628. The van der Waals surface area contributed by atoms with Crippen molar-refractivity contribution in [2.75, 3.05) is 20.2 Å². The number of hydrogen-bond acceptors (Lipinski definition) is 4. The van der Waals surface area contributed by atoms with Crippen LogP contribution < -0.4 is 5.32 Å². The molecular weight excluding hydrogens is 349 g/mol. The van der Waals surface area contributed by atoms with Crippen molar-refractivity contribution in [2.45, 2.75) is 18.9 Å². The van der Waals surface area contributed by atoms with Crippen molar-refractivity contribution in [3.63, 3.8) is 0 Å². The van der Waals surface area contributed by atoms with Crippen molar-refractivity contribution in [3.8, 4) is 0 Å². The van der Waals surface area contributed by atoms with Crippen LogP contribution >= 0.6 is 0 Å². The fourth-order valence-corrected chi connectivity index (χ4v) is 3.24. The maximum atomic E-state index is 13.3. The van der Waals surface area contributed by atoms with Crippen LogP contribution in [0.15, 0.2) is 48.7 Å². The van der Waals surface area contributed by atoms with E-state index in [2.05, 4.69) is 10.3 Å². The number of nitrogens with zero attached hydrogens (tertiary/aromatic N) is 2. The molecule has 1 N–H and O–H groups in total. The number of piperidine rings is 1. The van der Waals surface area contributed by atoms with Crippen LogP contribution in [-0.2, 0) is 9.53 Å². The van der Waals surface area contributed by atoms with Gasteiger partial charge in [-0.05, 0) is 42.7 Å². The third kappa shape index (κ3) is 4.61. The molecule has 0 saturated carbocycles. The standard InChI is InChI=1S/C20H22FN3O3/c1-27-20(26)24-12-9-15(10-13-24)19(25)23-18(17-4-2-3-11-22-17)14-5-7-16(21)8-6-14/h2-8,11,15,18H,9-10,12-13H2,1H3,(H,23,25). The Labute approximate surface area is 157 Å². The molecule has 0 spiro atoms. The SMILES string of the molecule is COC(=O)N1CCC(C(=O)NC(c2ccc(F)cc2)c2ccccn2)CC1. The first-order valence-corrected chi connectivity index (χ1v) is 8.88. The Kier molecular flexibility index (Phi) is 6.01. The Morgan fingerprint density at radius 3 is 2.48 bits per heavy atom. The molecule has 6 nitrogen and oxygen atoms in total. The zero-order valence-corrected chi connectivity index (χ0v) is 15.1. The van der Waals surface area contributed by atoms with Gasteiger partial charge in [0.15, 0.2) is 0 Å². The largest absolute Gasteiger partial charge is 0.453 e. The van der Waals surface area contributed by atoms with Crippen LogP contribution in [0.4, 0.5) is 9.18 Å². The van der Waals surface area contributed by atoms with Crippen LogP contribution in [-0.4, -0.2) is 42.1 Å². The molecule has 1 unspecified atom stereocenters. The fraction of sp³-hybridized carbons (Fsp3) is 0.350. The highest BCUT2D eigenvalue weighted by Crippen LogP contribution is 2.24. The molecule has 0 radical (unpaired) electrons. The van der Waals surface area contributed by atoms with Crippen molar-refractivity contribution in [3.05, 3.63) is 65.7 Å². The summed E-state index contributed by atoms with van der Waals surface area (Å²) in [6.45, 7) is 0.963. The second-order valence-electron chi connectivity index (χ2n) is 6.48. The predicted octanol–water partition coefficient (Wildman–Crippen LogP) is 2.90. The van der Waals surface area contributed by atoms with Crippen molar-refractivity contribution >= 4 is 12.0 Å². The van der Waals surface area contributed by atoms with Crippen LogP contribution in [0.1, 0.15) is 30.1 Å². The van der Waals surface area contributed by atoms with E-state index in [1.54, 1.807) is 29.3 Å². The van der Waals surface area contributed by atoms with Crippen LogP contribution in [0.5, 0.6) is 0 Å². The summed E-state index contributed by atoms with van der Waals surface area (Å²) in [6, 6.07) is 11.0. The van der Waals surface area contributed by atoms with Gasteiger partial charge >= 0.3 is 6.09 Å². The monoisotopic (exact) mass is 371 g/mol. The van der Waals surface area contributed by atoms with Gasteiger partial charge in [-0.25, -0.2) is 9.18 Å². The number of halogens is 1. The van der Waals surface area contributed by atoms with Crippen LogP contribution in [0.2, 0.25) is 0 Å². The first kappa shape index (κ1) is 18.8. The van der Waals surface area contributed by atoms with Gasteiger partial charge in [-0.15, -0.1) is 0 Å². The molecule has 1 aromatic carbocycles. The maximum absolute atomic E-state index is 13.3. The molecule has 1 aliphatic rings. The second kappa shape index (κ2) is 8.62. The Balaban J connectivity index is 1.72. The summed E-state index contributed by atoms with van der Waals surface area (Å²) >= 11 is 0.